The van der Waals surface area contributed by atoms with E-state index in [1.165, 1.54) is 0 Å². The molecule has 0 aliphatic carbocycles. The zero-order valence-electron chi connectivity index (χ0n) is 11.6. The maximum absolute atomic E-state index is 12.3. The maximum atomic E-state index is 12.3. The fraction of sp³-hybridized carbons (Fsp3) is 0.500. The highest BCUT2D eigenvalue weighted by Gasteiger charge is 2.24. The summed E-state index contributed by atoms with van der Waals surface area (Å²) < 4.78 is 2.64. The number of carbonyl (C=O) groups is 1. The lowest BCUT2D eigenvalue weighted by atomic mass is 10.1. The van der Waals surface area contributed by atoms with E-state index in [-0.39, 0.29) is 11.9 Å². The number of nitrogens with zero attached hydrogens (tertiary/aromatic N) is 4. The summed E-state index contributed by atoms with van der Waals surface area (Å²) in [5, 5.41) is 4.18. The first kappa shape index (κ1) is 14.5. The van der Waals surface area contributed by atoms with E-state index in [1.807, 2.05) is 21.7 Å². The molecule has 1 saturated heterocycles. The van der Waals surface area contributed by atoms with Gasteiger partial charge in [0.05, 0.1) is 10.4 Å². The van der Waals surface area contributed by atoms with Crippen molar-refractivity contribution < 1.29 is 4.79 Å². The van der Waals surface area contributed by atoms with E-state index in [1.54, 1.807) is 24.0 Å². The molecule has 3 heterocycles. The van der Waals surface area contributed by atoms with Crippen LogP contribution in [0.5, 0.6) is 0 Å². The third kappa shape index (κ3) is 3.63. The number of aryl methyl sites for hydroxylation is 1. The molecular weight excluding hydrogens is 308 g/mol. The molecule has 1 fully saturated rings. The van der Waals surface area contributed by atoms with E-state index < -0.39 is 0 Å². The first-order valence-corrected chi connectivity index (χ1v) is 8.28. The van der Waals surface area contributed by atoms with Crippen molar-refractivity contribution in [1.82, 2.24) is 19.7 Å². The van der Waals surface area contributed by atoms with E-state index in [0.717, 1.165) is 41.6 Å². The van der Waals surface area contributed by atoms with Gasteiger partial charge in [0, 0.05) is 24.4 Å². The second-order valence-electron chi connectivity index (χ2n) is 5.22. The molecule has 7 heteroatoms. The Balaban J connectivity index is 1.54. The molecule has 2 aromatic heterocycles. The van der Waals surface area contributed by atoms with Gasteiger partial charge in [-0.25, -0.2) is 9.67 Å². The summed E-state index contributed by atoms with van der Waals surface area (Å²) in [6.45, 7) is 1.57. The number of carbonyl (C=O) groups excluding carboxylic acids is 1. The molecule has 112 valence electrons. The molecule has 3 rings (SSSR count). The molecule has 1 aliphatic rings. The Hall–Kier alpha value is -1.40. The van der Waals surface area contributed by atoms with Crippen LogP contribution in [0.2, 0.25) is 4.34 Å². The predicted octanol–water partition coefficient (Wildman–Crippen LogP) is 2.79. The van der Waals surface area contributed by atoms with Crippen LogP contribution in [0.4, 0.5) is 0 Å². The fourth-order valence-corrected chi connectivity index (χ4v) is 3.76. The van der Waals surface area contributed by atoms with Gasteiger partial charge in [-0.3, -0.25) is 4.79 Å². The minimum absolute atomic E-state index is 0.212. The molecule has 1 aliphatic heterocycles. The Morgan fingerprint density at radius 2 is 2.38 bits per heavy atom. The van der Waals surface area contributed by atoms with Gasteiger partial charge < -0.3 is 4.90 Å². The van der Waals surface area contributed by atoms with Crippen molar-refractivity contribution in [3.63, 3.8) is 0 Å². The van der Waals surface area contributed by atoms with Gasteiger partial charge in [-0.05, 0) is 31.4 Å². The van der Waals surface area contributed by atoms with Gasteiger partial charge in [0.2, 0.25) is 5.91 Å². The maximum Gasteiger partial charge on any atom is 0.223 e. The summed E-state index contributed by atoms with van der Waals surface area (Å²) in [6.07, 6.45) is 6.64. The van der Waals surface area contributed by atoms with E-state index >= 15 is 0 Å². The molecule has 5 nitrogen and oxygen atoms in total. The number of hydrogen-bond acceptors (Lipinski definition) is 4. The third-order valence-corrected chi connectivity index (χ3v) is 5.06. The van der Waals surface area contributed by atoms with Crippen LogP contribution in [0.25, 0.3) is 0 Å². The van der Waals surface area contributed by atoms with Gasteiger partial charge >= 0.3 is 0 Å². The smallest absolute Gasteiger partial charge is 0.223 e. The molecular formula is C14H17ClN4OS. The van der Waals surface area contributed by atoms with Gasteiger partial charge in [-0.1, -0.05) is 11.6 Å². The number of aromatic nitrogens is 3. The fourth-order valence-electron chi connectivity index (χ4n) is 2.68. The standard InChI is InChI=1S/C14H17ClN4OS/c15-13-5-3-12(21-13)4-6-14(20)18-7-1-2-11(8-18)19-10-16-9-17-19/h3,5,9-11H,1-2,4,6-8H2. The quantitative estimate of drug-likeness (QED) is 0.869. The number of rotatable bonds is 4. The highest BCUT2D eigenvalue weighted by atomic mass is 35.5. The highest BCUT2D eigenvalue weighted by molar-refractivity contribution is 7.16. The molecule has 1 atom stereocenters. The van der Waals surface area contributed by atoms with Crippen LogP contribution < -0.4 is 0 Å². The number of likely N-dealkylation sites (tertiary alicyclic amines) is 1. The third-order valence-electron chi connectivity index (χ3n) is 3.77. The van der Waals surface area contributed by atoms with Gasteiger partial charge in [0.1, 0.15) is 12.7 Å². The molecule has 2 aromatic rings. The molecule has 1 amide bonds. The normalized spacial score (nSPS) is 18.9. The van der Waals surface area contributed by atoms with Gasteiger partial charge in [0.25, 0.3) is 0 Å². The summed E-state index contributed by atoms with van der Waals surface area (Å²) in [5.41, 5.74) is 0. The molecule has 0 saturated carbocycles. The van der Waals surface area contributed by atoms with Crippen LogP contribution in [0, 0.1) is 0 Å². The van der Waals surface area contributed by atoms with Gasteiger partial charge in [-0.15, -0.1) is 11.3 Å². The minimum Gasteiger partial charge on any atom is -0.341 e. The number of thiophene rings is 1. The van der Waals surface area contributed by atoms with Crippen molar-refractivity contribution in [1.29, 1.82) is 0 Å². The summed E-state index contributed by atoms with van der Waals surface area (Å²) in [4.78, 5) is 19.4. The van der Waals surface area contributed by atoms with Crippen LogP contribution >= 0.6 is 22.9 Å². The van der Waals surface area contributed by atoms with Crippen LogP contribution in [0.3, 0.4) is 0 Å². The average Bonchev–Trinajstić information content (AvgIpc) is 3.16. The number of amides is 1. The summed E-state index contributed by atoms with van der Waals surface area (Å²) in [7, 11) is 0. The summed E-state index contributed by atoms with van der Waals surface area (Å²) in [6, 6.07) is 4.13. The van der Waals surface area contributed by atoms with Gasteiger partial charge in [-0.2, -0.15) is 5.10 Å². The second-order valence-corrected chi connectivity index (χ2v) is 7.02. The van der Waals surface area contributed by atoms with Crippen molar-refractivity contribution in [2.45, 2.75) is 31.7 Å². The number of piperidine rings is 1. The molecule has 0 N–H and O–H groups in total. The number of halogens is 1. The van der Waals surface area contributed by atoms with Crippen molar-refractivity contribution in [2.75, 3.05) is 13.1 Å². The largest absolute Gasteiger partial charge is 0.341 e. The molecule has 0 bridgehead atoms. The SMILES string of the molecule is O=C(CCc1ccc(Cl)s1)N1CCCC(n2cncn2)C1. The van der Waals surface area contributed by atoms with Crippen molar-refractivity contribution >= 4 is 28.8 Å². The first-order valence-electron chi connectivity index (χ1n) is 7.08. The molecule has 0 spiro atoms. The average molecular weight is 325 g/mol. The van der Waals surface area contributed by atoms with E-state index in [4.69, 9.17) is 11.6 Å². The van der Waals surface area contributed by atoms with Crippen molar-refractivity contribution in [2.24, 2.45) is 0 Å². The highest BCUT2D eigenvalue weighted by Crippen LogP contribution is 2.24. The van der Waals surface area contributed by atoms with E-state index in [9.17, 15) is 4.79 Å². The second kappa shape index (κ2) is 6.58. The molecule has 0 aromatic carbocycles. The van der Waals surface area contributed by atoms with Crippen LogP contribution in [0.1, 0.15) is 30.2 Å². The lowest BCUT2D eigenvalue weighted by molar-refractivity contribution is -0.132. The topological polar surface area (TPSA) is 51.0 Å². The minimum atomic E-state index is 0.212. The predicted molar refractivity (Wildman–Crippen MR) is 82.5 cm³/mol. The van der Waals surface area contributed by atoms with E-state index in [2.05, 4.69) is 10.1 Å². The van der Waals surface area contributed by atoms with Gasteiger partial charge in [0.15, 0.2) is 0 Å². The Bertz CT molecular complexity index is 598. The van der Waals surface area contributed by atoms with Crippen molar-refractivity contribution in [3.8, 4) is 0 Å². The van der Waals surface area contributed by atoms with Crippen molar-refractivity contribution in [3.05, 3.63) is 34.0 Å². The van der Waals surface area contributed by atoms with Crippen LogP contribution in [-0.2, 0) is 11.2 Å². The van der Waals surface area contributed by atoms with E-state index in [0.29, 0.717) is 6.42 Å². The lowest BCUT2D eigenvalue weighted by Crippen LogP contribution is -2.40. The monoisotopic (exact) mass is 324 g/mol. The summed E-state index contributed by atoms with van der Waals surface area (Å²) >= 11 is 7.46. The molecule has 21 heavy (non-hydrogen) atoms. The Morgan fingerprint density at radius 3 is 3.10 bits per heavy atom. The summed E-state index contributed by atoms with van der Waals surface area (Å²) in [5.74, 6) is 0.212. The Kier molecular flexibility index (Phi) is 4.55. The Labute approximate surface area is 132 Å². The Morgan fingerprint density at radius 1 is 1.48 bits per heavy atom. The molecule has 0 radical (unpaired) electrons. The first-order chi connectivity index (χ1) is 10.2. The molecule has 1 unspecified atom stereocenters. The lowest BCUT2D eigenvalue weighted by Gasteiger charge is -2.32. The zero-order valence-corrected chi connectivity index (χ0v) is 13.2. The van der Waals surface area contributed by atoms with Crippen LogP contribution in [0.15, 0.2) is 24.8 Å². The zero-order chi connectivity index (χ0) is 14.7. The number of hydrogen-bond donors (Lipinski definition) is 0. The van der Waals surface area contributed by atoms with Crippen LogP contribution in [-0.4, -0.2) is 38.7 Å².